The Bertz CT molecular complexity index is 1260. The van der Waals surface area contributed by atoms with E-state index in [0.717, 1.165) is 38.5 Å². The van der Waals surface area contributed by atoms with Gasteiger partial charge in [0.1, 0.15) is 13.2 Å². The lowest BCUT2D eigenvalue weighted by Gasteiger charge is -2.25. The smallest absolute Gasteiger partial charge is 0.387 e. The molecule has 0 saturated heterocycles. The number of carbonyl (C=O) groups excluding carboxylic acids is 1. The largest absolute Gasteiger partial charge is 0.472 e. The molecule has 0 aromatic heterocycles. The molecule has 0 aromatic rings. The van der Waals surface area contributed by atoms with Crippen LogP contribution in [0.3, 0.4) is 0 Å². The molecule has 0 heterocycles. The summed E-state index contributed by atoms with van der Waals surface area (Å²) in [7, 11) is 1.57. The molecular formula is C65H130N2O6P+. The summed E-state index contributed by atoms with van der Waals surface area (Å²) in [5.74, 6) is -0.179. The van der Waals surface area contributed by atoms with Crippen LogP contribution >= 0.6 is 7.82 Å². The van der Waals surface area contributed by atoms with Crippen LogP contribution in [0.1, 0.15) is 335 Å². The fourth-order valence-corrected chi connectivity index (χ4v) is 10.8. The quantitative estimate of drug-likeness (QED) is 0.0243. The van der Waals surface area contributed by atoms with Crippen LogP contribution in [-0.4, -0.2) is 73.4 Å². The van der Waals surface area contributed by atoms with Crippen molar-refractivity contribution in [2.24, 2.45) is 0 Å². The molecule has 8 nitrogen and oxygen atoms in total. The lowest BCUT2D eigenvalue weighted by Crippen LogP contribution is -2.45. The Labute approximate surface area is 462 Å². The molecule has 9 heteroatoms. The number of carbonyl (C=O) groups is 1. The second kappa shape index (κ2) is 56.7. The highest BCUT2D eigenvalue weighted by Gasteiger charge is 2.28. The van der Waals surface area contributed by atoms with E-state index in [-0.39, 0.29) is 19.1 Å². The third-order valence-corrected chi connectivity index (χ3v) is 16.2. The molecular weight excluding hydrogens is 936 g/mol. The third kappa shape index (κ3) is 58.7. The van der Waals surface area contributed by atoms with Crippen molar-refractivity contribution in [3.05, 3.63) is 24.3 Å². The van der Waals surface area contributed by atoms with Gasteiger partial charge in [-0.1, -0.05) is 321 Å². The number of aliphatic hydroxyl groups excluding tert-OH is 1. The Morgan fingerprint density at radius 1 is 0.446 bits per heavy atom. The molecule has 0 spiro atoms. The number of hydrogen-bond acceptors (Lipinski definition) is 5. The summed E-state index contributed by atoms with van der Waals surface area (Å²) in [6.45, 7) is 4.85. The number of likely N-dealkylation sites (N-methyl/N-ethyl adjacent to an activating group) is 1. The maximum absolute atomic E-state index is 13.0. The topological polar surface area (TPSA) is 105 Å². The molecule has 440 valence electrons. The molecule has 3 N–H and O–H groups in total. The summed E-state index contributed by atoms with van der Waals surface area (Å²) in [5.41, 5.74) is 0. The second-order valence-corrected chi connectivity index (χ2v) is 25.3. The van der Waals surface area contributed by atoms with Gasteiger partial charge >= 0.3 is 7.82 Å². The zero-order chi connectivity index (χ0) is 54.2. The van der Waals surface area contributed by atoms with E-state index in [4.69, 9.17) is 9.05 Å². The van der Waals surface area contributed by atoms with Gasteiger partial charge in [-0.25, -0.2) is 4.57 Å². The molecule has 3 unspecified atom stereocenters. The van der Waals surface area contributed by atoms with Crippen molar-refractivity contribution in [3.63, 3.8) is 0 Å². The van der Waals surface area contributed by atoms with Crippen LogP contribution in [0.5, 0.6) is 0 Å². The maximum atomic E-state index is 13.0. The number of phosphoric acid groups is 1. The second-order valence-electron chi connectivity index (χ2n) is 23.8. The van der Waals surface area contributed by atoms with Crippen molar-refractivity contribution in [2.75, 3.05) is 40.9 Å². The normalized spacial score (nSPS) is 13.9. The molecule has 0 fully saturated rings. The first kappa shape index (κ1) is 73.0. The fourth-order valence-electron chi connectivity index (χ4n) is 10.1. The van der Waals surface area contributed by atoms with E-state index >= 15 is 0 Å². The zero-order valence-corrected chi connectivity index (χ0v) is 51.3. The molecule has 0 radical (unpaired) electrons. The average molecular weight is 1070 g/mol. The number of nitrogens with zero attached hydrogens (tertiary/aromatic N) is 1. The Hall–Kier alpha value is -1.02. The number of aliphatic hydroxyl groups is 1. The van der Waals surface area contributed by atoms with E-state index in [1.54, 1.807) is 6.08 Å². The van der Waals surface area contributed by atoms with Gasteiger partial charge in [0.15, 0.2) is 0 Å². The molecule has 3 atom stereocenters. The van der Waals surface area contributed by atoms with Crippen molar-refractivity contribution < 1.29 is 32.9 Å². The first-order valence-corrected chi connectivity index (χ1v) is 34.2. The minimum atomic E-state index is -4.35. The predicted molar refractivity (Wildman–Crippen MR) is 323 cm³/mol. The number of nitrogens with one attached hydrogen (secondary N) is 1. The van der Waals surface area contributed by atoms with Gasteiger partial charge in [-0.2, -0.15) is 0 Å². The van der Waals surface area contributed by atoms with Gasteiger partial charge in [-0.15, -0.1) is 0 Å². The highest BCUT2D eigenvalue weighted by Crippen LogP contribution is 2.43. The summed E-state index contributed by atoms with van der Waals surface area (Å²) < 4.78 is 23.7. The van der Waals surface area contributed by atoms with Crippen LogP contribution in [0.25, 0.3) is 0 Å². The number of hydrogen-bond donors (Lipinski definition) is 3. The summed E-state index contributed by atoms with van der Waals surface area (Å²) >= 11 is 0. The molecule has 0 aromatic carbocycles. The van der Waals surface area contributed by atoms with Gasteiger partial charge < -0.3 is 19.8 Å². The van der Waals surface area contributed by atoms with Gasteiger partial charge in [0.2, 0.25) is 5.91 Å². The molecule has 0 aliphatic heterocycles. The summed E-state index contributed by atoms with van der Waals surface area (Å²) in [6.07, 6.45) is 73.2. The number of allylic oxidation sites excluding steroid dienone is 3. The number of amides is 1. The van der Waals surface area contributed by atoms with Gasteiger partial charge in [0, 0.05) is 6.42 Å². The van der Waals surface area contributed by atoms with Crippen LogP contribution in [0.2, 0.25) is 0 Å². The van der Waals surface area contributed by atoms with Crippen molar-refractivity contribution in [3.8, 4) is 0 Å². The van der Waals surface area contributed by atoms with E-state index in [1.165, 1.54) is 276 Å². The lowest BCUT2D eigenvalue weighted by atomic mass is 10.0. The number of unbranched alkanes of at least 4 members (excludes halogenated alkanes) is 46. The number of quaternary nitrogens is 1. The van der Waals surface area contributed by atoms with Crippen LogP contribution in [0.15, 0.2) is 24.3 Å². The zero-order valence-electron chi connectivity index (χ0n) is 50.4. The molecule has 74 heavy (non-hydrogen) atoms. The van der Waals surface area contributed by atoms with Crippen molar-refractivity contribution >= 4 is 13.7 Å². The third-order valence-electron chi connectivity index (χ3n) is 15.2. The summed E-state index contributed by atoms with van der Waals surface area (Å²) in [6, 6.07) is -0.861. The van der Waals surface area contributed by atoms with Gasteiger partial charge in [-0.3, -0.25) is 13.8 Å². The van der Waals surface area contributed by atoms with Crippen LogP contribution in [-0.2, 0) is 18.4 Å². The Morgan fingerprint density at radius 3 is 1.08 bits per heavy atom. The van der Waals surface area contributed by atoms with E-state index in [0.29, 0.717) is 17.4 Å². The number of phosphoric ester groups is 1. The van der Waals surface area contributed by atoms with Crippen molar-refractivity contribution in [1.82, 2.24) is 5.32 Å². The SMILES string of the molecule is CCCCCCCCCCCCCCCC/C=C/CC/C=C/C(O)C(COP(=O)(O)OCC[N+](C)(C)C)NC(=O)CCCCCCCCCCCCCCCCCCCCCCCCCCCCCCCCCC. The number of rotatable bonds is 61. The van der Waals surface area contributed by atoms with Crippen LogP contribution in [0, 0.1) is 0 Å². The first-order chi connectivity index (χ1) is 36.0. The average Bonchev–Trinajstić information content (AvgIpc) is 3.36. The standard InChI is InChI=1S/C65H129N2O6P/c1-6-8-10-12-14-16-18-20-22-24-26-28-29-30-31-32-33-34-35-36-37-38-39-41-43-45-47-49-51-53-55-57-59-65(69)66-63(62-73-74(70,71)72-61-60-67(3,4)5)64(68)58-56-54-52-50-48-46-44-42-40-27-25-23-21-19-17-15-13-11-9-7-2/h48,50,56,58,63-64,68H,6-47,49,51-55,57,59-62H2,1-5H3,(H-,66,69,70,71)/p+1/b50-48+,58-56+. The minimum absolute atomic E-state index is 0.0589. The molecule has 0 aliphatic rings. The van der Waals surface area contributed by atoms with E-state index in [2.05, 4.69) is 31.3 Å². The van der Waals surface area contributed by atoms with E-state index < -0.39 is 20.0 Å². The molecule has 0 rings (SSSR count). The minimum Gasteiger partial charge on any atom is -0.387 e. The fraction of sp³-hybridized carbons (Fsp3) is 0.923. The monoisotopic (exact) mass is 1070 g/mol. The molecule has 0 aliphatic carbocycles. The molecule has 0 bridgehead atoms. The Balaban J connectivity index is 4.05. The Kier molecular flexibility index (Phi) is 55.9. The lowest BCUT2D eigenvalue weighted by molar-refractivity contribution is -0.870. The highest BCUT2D eigenvalue weighted by atomic mass is 31.2. The van der Waals surface area contributed by atoms with E-state index in [9.17, 15) is 19.4 Å². The van der Waals surface area contributed by atoms with Crippen LogP contribution in [0.4, 0.5) is 0 Å². The van der Waals surface area contributed by atoms with Crippen molar-refractivity contribution in [2.45, 2.75) is 347 Å². The molecule has 0 saturated carbocycles. The molecule has 1 amide bonds. The first-order valence-electron chi connectivity index (χ1n) is 32.7. The highest BCUT2D eigenvalue weighted by molar-refractivity contribution is 7.47. The van der Waals surface area contributed by atoms with Gasteiger partial charge in [0.05, 0.1) is 39.9 Å². The Morgan fingerprint density at radius 2 is 0.743 bits per heavy atom. The van der Waals surface area contributed by atoms with E-state index in [1.807, 2.05) is 27.2 Å². The maximum Gasteiger partial charge on any atom is 0.472 e. The van der Waals surface area contributed by atoms with Crippen molar-refractivity contribution in [1.29, 1.82) is 0 Å². The van der Waals surface area contributed by atoms with Gasteiger partial charge in [-0.05, 0) is 32.1 Å². The summed E-state index contributed by atoms with van der Waals surface area (Å²) in [5, 5.41) is 14.0. The van der Waals surface area contributed by atoms with Crippen LogP contribution < -0.4 is 5.32 Å². The predicted octanol–water partition coefficient (Wildman–Crippen LogP) is 20.3. The summed E-state index contributed by atoms with van der Waals surface area (Å²) in [4.78, 5) is 23.4. The van der Waals surface area contributed by atoms with Gasteiger partial charge in [0.25, 0.3) is 0 Å².